The highest BCUT2D eigenvalue weighted by Crippen LogP contribution is 2.21. The van der Waals surface area contributed by atoms with Crippen LogP contribution in [0.4, 0.5) is 15.8 Å². The minimum absolute atomic E-state index is 0.0340. The number of hydrogen-bond acceptors (Lipinski definition) is 6. The fourth-order valence-corrected chi connectivity index (χ4v) is 2.13. The second kappa shape index (κ2) is 9.21. The number of ether oxygens (including phenoxy) is 1. The van der Waals surface area contributed by atoms with Crippen molar-refractivity contribution in [2.75, 3.05) is 18.5 Å². The van der Waals surface area contributed by atoms with Crippen molar-refractivity contribution in [3.63, 3.8) is 0 Å². The molecule has 0 fully saturated rings. The minimum Gasteiger partial charge on any atom is -0.454 e. The van der Waals surface area contributed by atoms with E-state index >= 15 is 0 Å². The quantitative estimate of drug-likeness (QED) is 0.423. The van der Waals surface area contributed by atoms with Gasteiger partial charge in [-0.2, -0.15) is 0 Å². The number of esters is 1. The Kier molecular flexibility index (Phi) is 6.74. The predicted octanol–water partition coefficient (Wildman–Crippen LogP) is 1.95. The molecule has 0 bridgehead atoms. The molecule has 9 nitrogen and oxygen atoms in total. The molecule has 2 aromatic rings. The van der Waals surface area contributed by atoms with Crippen LogP contribution in [-0.4, -0.2) is 35.9 Å². The molecule has 146 valence electrons. The Hall–Kier alpha value is -3.82. The molecule has 2 N–H and O–H groups in total. The molecule has 0 aliphatic carbocycles. The third kappa shape index (κ3) is 5.87. The number of nitro groups is 1. The number of nitrogens with zero attached hydrogens (tertiary/aromatic N) is 1. The predicted molar refractivity (Wildman–Crippen MR) is 96.2 cm³/mol. The highest BCUT2D eigenvalue weighted by atomic mass is 19.1. The van der Waals surface area contributed by atoms with Crippen molar-refractivity contribution in [3.05, 3.63) is 69.5 Å². The van der Waals surface area contributed by atoms with Gasteiger partial charge < -0.3 is 15.4 Å². The molecule has 0 atom stereocenters. The lowest BCUT2D eigenvalue weighted by Gasteiger charge is -2.09. The van der Waals surface area contributed by atoms with Crippen LogP contribution >= 0.6 is 0 Å². The first kappa shape index (κ1) is 20.5. The molecular weight excluding hydrogens is 373 g/mol. The van der Waals surface area contributed by atoms with E-state index in [0.29, 0.717) is 5.56 Å². The Bertz CT molecular complexity index is 931. The standard InChI is InChI=1S/C18H16FN3O6/c1-11-5-6-14(22(26)27)8-15(11)21-16(23)10-28-17(24)9-20-18(25)12-3-2-4-13(19)7-12/h2-8H,9-10H2,1H3,(H,20,25)(H,21,23). The molecule has 0 aliphatic heterocycles. The first-order valence-corrected chi connectivity index (χ1v) is 8.00. The van der Waals surface area contributed by atoms with Crippen molar-refractivity contribution in [3.8, 4) is 0 Å². The molecule has 28 heavy (non-hydrogen) atoms. The number of anilines is 1. The summed E-state index contributed by atoms with van der Waals surface area (Å²) < 4.78 is 17.8. The largest absolute Gasteiger partial charge is 0.454 e. The van der Waals surface area contributed by atoms with E-state index in [1.165, 1.54) is 36.4 Å². The second-order valence-electron chi connectivity index (χ2n) is 5.66. The summed E-state index contributed by atoms with van der Waals surface area (Å²) >= 11 is 0. The lowest BCUT2D eigenvalue weighted by atomic mass is 10.2. The van der Waals surface area contributed by atoms with Crippen LogP contribution in [0.5, 0.6) is 0 Å². The van der Waals surface area contributed by atoms with Gasteiger partial charge in [-0.3, -0.25) is 24.5 Å². The van der Waals surface area contributed by atoms with Crippen LogP contribution in [0.25, 0.3) is 0 Å². The van der Waals surface area contributed by atoms with Gasteiger partial charge in [0.05, 0.1) is 10.6 Å². The number of non-ortho nitro benzene ring substituents is 1. The molecule has 10 heteroatoms. The molecule has 0 radical (unpaired) electrons. The number of hydrogen-bond donors (Lipinski definition) is 2. The summed E-state index contributed by atoms with van der Waals surface area (Å²) in [5.74, 6) is -2.85. The summed E-state index contributed by atoms with van der Waals surface area (Å²) in [7, 11) is 0. The van der Waals surface area contributed by atoms with Crippen LogP contribution in [0, 0.1) is 22.9 Å². The van der Waals surface area contributed by atoms with Gasteiger partial charge in [-0.25, -0.2) is 4.39 Å². The van der Waals surface area contributed by atoms with Crippen LogP contribution in [0.3, 0.4) is 0 Å². The molecule has 0 saturated heterocycles. The summed E-state index contributed by atoms with van der Waals surface area (Å²) in [6.07, 6.45) is 0. The Morgan fingerprint density at radius 1 is 1.18 bits per heavy atom. The zero-order valence-corrected chi connectivity index (χ0v) is 14.7. The van der Waals surface area contributed by atoms with Crippen molar-refractivity contribution in [2.45, 2.75) is 6.92 Å². The Morgan fingerprint density at radius 3 is 2.61 bits per heavy atom. The average Bonchev–Trinajstić information content (AvgIpc) is 2.66. The van der Waals surface area contributed by atoms with Crippen molar-refractivity contribution in [1.82, 2.24) is 5.32 Å². The molecule has 0 saturated carbocycles. The van der Waals surface area contributed by atoms with Gasteiger partial charge in [-0.1, -0.05) is 12.1 Å². The van der Waals surface area contributed by atoms with Gasteiger partial charge in [-0.05, 0) is 30.7 Å². The van der Waals surface area contributed by atoms with Crippen LogP contribution in [0.15, 0.2) is 42.5 Å². The van der Waals surface area contributed by atoms with Crippen LogP contribution in [0.2, 0.25) is 0 Å². The second-order valence-corrected chi connectivity index (χ2v) is 5.66. The van der Waals surface area contributed by atoms with Crippen molar-refractivity contribution in [1.29, 1.82) is 0 Å². The zero-order valence-electron chi connectivity index (χ0n) is 14.7. The summed E-state index contributed by atoms with van der Waals surface area (Å²) in [5, 5.41) is 15.4. The molecule has 0 heterocycles. The van der Waals surface area contributed by atoms with E-state index in [0.717, 1.165) is 6.07 Å². The number of carbonyl (C=O) groups is 3. The van der Waals surface area contributed by atoms with Gasteiger partial charge in [0.1, 0.15) is 12.4 Å². The molecule has 0 spiro atoms. The van der Waals surface area contributed by atoms with Gasteiger partial charge >= 0.3 is 5.97 Å². The van der Waals surface area contributed by atoms with E-state index in [9.17, 15) is 28.9 Å². The van der Waals surface area contributed by atoms with Crippen LogP contribution < -0.4 is 10.6 Å². The lowest BCUT2D eigenvalue weighted by molar-refractivity contribution is -0.384. The van der Waals surface area contributed by atoms with Gasteiger partial charge in [0, 0.05) is 17.7 Å². The number of carbonyl (C=O) groups excluding carboxylic acids is 3. The SMILES string of the molecule is Cc1ccc([N+](=O)[O-])cc1NC(=O)COC(=O)CNC(=O)c1cccc(F)c1. The fraction of sp³-hybridized carbons (Fsp3) is 0.167. The first-order valence-electron chi connectivity index (χ1n) is 8.00. The molecule has 0 unspecified atom stereocenters. The monoisotopic (exact) mass is 389 g/mol. The van der Waals surface area contributed by atoms with E-state index in [1.54, 1.807) is 6.92 Å². The van der Waals surface area contributed by atoms with Gasteiger partial charge in [0.15, 0.2) is 6.61 Å². The minimum atomic E-state index is -0.879. The number of aryl methyl sites for hydroxylation is 1. The van der Waals surface area contributed by atoms with Crippen molar-refractivity contribution >= 4 is 29.2 Å². The summed E-state index contributed by atoms with van der Waals surface area (Å²) in [4.78, 5) is 45.5. The number of halogens is 1. The van der Waals surface area contributed by atoms with Gasteiger partial charge in [0.2, 0.25) is 0 Å². The normalized spacial score (nSPS) is 10.1. The summed E-state index contributed by atoms with van der Waals surface area (Å²) in [6, 6.07) is 8.87. The average molecular weight is 389 g/mol. The molecule has 2 aromatic carbocycles. The lowest BCUT2D eigenvalue weighted by Crippen LogP contribution is -2.32. The van der Waals surface area contributed by atoms with E-state index in [4.69, 9.17) is 4.74 Å². The Balaban J connectivity index is 1.81. The van der Waals surface area contributed by atoms with Crippen molar-refractivity contribution < 1.29 is 28.4 Å². The summed E-state index contributed by atoms with van der Waals surface area (Å²) in [6.45, 7) is 0.489. The van der Waals surface area contributed by atoms with E-state index in [-0.39, 0.29) is 16.9 Å². The maximum Gasteiger partial charge on any atom is 0.325 e. The van der Waals surface area contributed by atoms with E-state index < -0.39 is 41.7 Å². The third-order valence-corrected chi connectivity index (χ3v) is 3.55. The number of rotatable bonds is 7. The maximum atomic E-state index is 13.1. The highest BCUT2D eigenvalue weighted by Gasteiger charge is 2.14. The molecule has 0 aromatic heterocycles. The number of benzene rings is 2. The Morgan fingerprint density at radius 2 is 1.93 bits per heavy atom. The molecular formula is C18H16FN3O6. The smallest absolute Gasteiger partial charge is 0.325 e. The molecule has 0 aliphatic rings. The Labute approximate surface area is 158 Å². The topological polar surface area (TPSA) is 128 Å². The maximum absolute atomic E-state index is 13.1. The van der Waals surface area contributed by atoms with Gasteiger partial charge in [0.25, 0.3) is 17.5 Å². The zero-order chi connectivity index (χ0) is 20.7. The molecule has 2 rings (SSSR count). The fourth-order valence-electron chi connectivity index (χ4n) is 2.13. The van der Waals surface area contributed by atoms with Gasteiger partial charge in [-0.15, -0.1) is 0 Å². The van der Waals surface area contributed by atoms with Crippen LogP contribution in [-0.2, 0) is 14.3 Å². The number of amides is 2. The molecule has 2 amide bonds. The van der Waals surface area contributed by atoms with Crippen molar-refractivity contribution in [2.24, 2.45) is 0 Å². The third-order valence-electron chi connectivity index (χ3n) is 3.55. The number of nitro benzene ring substituents is 1. The summed E-state index contributed by atoms with van der Waals surface area (Å²) in [5.41, 5.74) is 0.645. The van der Waals surface area contributed by atoms with Crippen LogP contribution in [0.1, 0.15) is 15.9 Å². The number of nitrogens with one attached hydrogen (secondary N) is 2. The highest BCUT2D eigenvalue weighted by molar-refractivity contribution is 5.96. The first-order chi connectivity index (χ1) is 13.3. The van der Waals surface area contributed by atoms with E-state index in [2.05, 4.69) is 10.6 Å². The van der Waals surface area contributed by atoms with E-state index in [1.807, 2.05) is 0 Å².